The summed E-state index contributed by atoms with van der Waals surface area (Å²) in [5, 5.41) is 0. The molecule has 0 radical (unpaired) electrons. The van der Waals surface area contributed by atoms with E-state index < -0.39 is 0 Å². The molecule has 2 N–H and O–H groups in total. The van der Waals surface area contributed by atoms with Gasteiger partial charge < -0.3 is 10.5 Å². The maximum atomic E-state index is 5.99. The molecule has 0 aromatic heterocycles. The van der Waals surface area contributed by atoms with Crippen LogP contribution in [0.5, 0.6) is 0 Å². The highest BCUT2D eigenvalue weighted by Crippen LogP contribution is 2.33. The van der Waals surface area contributed by atoms with Crippen LogP contribution in [0.1, 0.15) is 31.2 Å². The van der Waals surface area contributed by atoms with Crippen LogP contribution in [0, 0.1) is 5.92 Å². The third-order valence-electron chi connectivity index (χ3n) is 3.39. The number of nitrogens with two attached hydrogens (primary N) is 1. The number of benzene rings is 1. The van der Waals surface area contributed by atoms with Gasteiger partial charge in [-0.15, -0.1) is 0 Å². The molecular weight excluding hydrogens is 186 g/mol. The Morgan fingerprint density at radius 1 is 1.40 bits per heavy atom. The van der Waals surface area contributed by atoms with Gasteiger partial charge in [0.25, 0.3) is 0 Å². The van der Waals surface area contributed by atoms with Crippen LogP contribution in [0.2, 0.25) is 0 Å². The molecule has 2 unspecified atom stereocenters. The summed E-state index contributed by atoms with van der Waals surface area (Å²) in [6.45, 7) is 4.06. The molecule has 82 valence electrons. The highest BCUT2D eigenvalue weighted by Gasteiger charge is 2.22. The maximum Gasteiger partial charge on any atom is 0.0500 e. The summed E-state index contributed by atoms with van der Waals surface area (Å²) in [6.07, 6.45) is 2.44. The van der Waals surface area contributed by atoms with Gasteiger partial charge in [0.2, 0.25) is 0 Å². The topological polar surface area (TPSA) is 35.2 Å². The molecule has 1 aliphatic rings. The third kappa shape index (κ3) is 2.32. The molecule has 2 nitrogen and oxygen atoms in total. The largest absolute Gasteiger partial charge is 0.398 e. The predicted octanol–water partition coefficient (Wildman–Crippen LogP) is 2.80. The Bertz CT molecular complexity index is 318. The van der Waals surface area contributed by atoms with Crippen molar-refractivity contribution in [1.82, 2.24) is 0 Å². The van der Waals surface area contributed by atoms with E-state index in [0.717, 1.165) is 18.9 Å². The maximum absolute atomic E-state index is 5.99. The third-order valence-corrected chi connectivity index (χ3v) is 3.39. The second-order valence-corrected chi connectivity index (χ2v) is 4.39. The smallest absolute Gasteiger partial charge is 0.0500 e. The fourth-order valence-corrected chi connectivity index (χ4v) is 2.34. The minimum Gasteiger partial charge on any atom is -0.398 e. The molecule has 2 rings (SSSR count). The molecule has 0 spiro atoms. The van der Waals surface area contributed by atoms with E-state index in [2.05, 4.69) is 19.1 Å². The van der Waals surface area contributed by atoms with E-state index in [9.17, 15) is 0 Å². The number of hydrogen-bond donors (Lipinski definition) is 1. The zero-order chi connectivity index (χ0) is 10.7. The predicted molar refractivity (Wildman–Crippen MR) is 62.8 cm³/mol. The molecule has 1 saturated heterocycles. The normalized spacial score (nSPS) is 23.7. The Morgan fingerprint density at radius 3 is 2.87 bits per heavy atom. The van der Waals surface area contributed by atoms with Crippen LogP contribution < -0.4 is 5.73 Å². The SMILES string of the molecule is CC(c1ccccc1N)C1CCCOC1. The molecule has 0 amide bonds. The van der Waals surface area contributed by atoms with E-state index in [0.29, 0.717) is 11.8 Å². The van der Waals surface area contributed by atoms with Gasteiger partial charge in [0.05, 0.1) is 0 Å². The second kappa shape index (κ2) is 4.67. The number of para-hydroxylation sites is 1. The van der Waals surface area contributed by atoms with Crippen LogP contribution in [0.15, 0.2) is 24.3 Å². The summed E-state index contributed by atoms with van der Waals surface area (Å²) < 4.78 is 5.52. The quantitative estimate of drug-likeness (QED) is 0.753. The van der Waals surface area contributed by atoms with Crippen molar-refractivity contribution in [3.05, 3.63) is 29.8 Å². The molecule has 2 heteroatoms. The van der Waals surface area contributed by atoms with Gasteiger partial charge in [-0.25, -0.2) is 0 Å². The highest BCUT2D eigenvalue weighted by molar-refractivity contribution is 5.48. The van der Waals surface area contributed by atoms with Gasteiger partial charge in [-0.2, -0.15) is 0 Å². The molecule has 1 aromatic rings. The average Bonchev–Trinajstić information content (AvgIpc) is 2.30. The highest BCUT2D eigenvalue weighted by atomic mass is 16.5. The van der Waals surface area contributed by atoms with E-state index in [-0.39, 0.29) is 0 Å². The lowest BCUT2D eigenvalue weighted by molar-refractivity contribution is 0.0464. The van der Waals surface area contributed by atoms with Gasteiger partial charge in [-0.05, 0) is 36.3 Å². The first-order chi connectivity index (χ1) is 7.29. The van der Waals surface area contributed by atoms with Crippen molar-refractivity contribution in [3.8, 4) is 0 Å². The van der Waals surface area contributed by atoms with Gasteiger partial charge in [-0.1, -0.05) is 25.1 Å². The zero-order valence-electron chi connectivity index (χ0n) is 9.28. The van der Waals surface area contributed by atoms with Crippen molar-refractivity contribution in [1.29, 1.82) is 0 Å². The van der Waals surface area contributed by atoms with E-state index in [1.165, 1.54) is 18.4 Å². The molecule has 15 heavy (non-hydrogen) atoms. The van der Waals surface area contributed by atoms with Crippen LogP contribution in [0.4, 0.5) is 5.69 Å². The van der Waals surface area contributed by atoms with Crippen LogP contribution in [-0.2, 0) is 4.74 Å². The van der Waals surface area contributed by atoms with Gasteiger partial charge in [0.1, 0.15) is 0 Å². The first-order valence-electron chi connectivity index (χ1n) is 5.71. The first-order valence-corrected chi connectivity index (χ1v) is 5.71. The van der Waals surface area contributed by atoms with Crippen LogP contribution in [0.25, 0.3) is 0 Å². The molecular formula is C13H19NO. The number of nitrogen functional groups attached to an aromatic ring is 1. The van der Waals surface area contributed by atoms with E-state index in [4.69, 9.17) is 10.5 Å². The van der Waals surface area contributed by atoms with Crippen molar-refractivity contribution < 1.29 is 4.74 Å². The Labute approximate surface area is 91.4 Å². The second-order valence-electron chi connectivity index (χ2n) is 4.39. The molecule has 2 atom stereocenters. The summed E-state index contributed by atoms with van der Waals surface area (Å²) in [7, 11) is 0. The van der Waals surface area contributed by atoms with Crippen LogP contribution in [-0.4, -0.2) is 13.2 Å². The minimum absolute atomic E-state index is 0.506. The van der Waals surface area contributed by atoms with Gasteiger partial charge in [-0.3, -0.25) is 0 Å². The zero-order valence-corrected chi connectivity index (χ0v) is 9.28. The number of anilines is 1. The van der Waals surface area contributed by atoms with Crippen LogP contribution >= 0.6 is 0 Å². The summed E-state index contributed by atoms with van der Waals surface area (Å²) in [4.78, 5) is 0. The Balaban J connectivity index is 2.12. The van der Waals surface area contributed by atoms with E-state index in [1.807, 2.05) is 12.1 Å². The van der Waals surface area contributed by atoms with Crippen molar-refractivity contribution in [2.24, 2.45) is 5.92 Å². The van der Waals surface area contributed by atoms with Crippen molar-refractivity contribution in [2.45, 2.75) is 25.7 Å². The minimum atomic E-state index is 0.506. The number of rotatable bonds is 2. The van der Waals surface area contributed by atoms with Crippen molar-refractivity contribution in [3.63, 3.8) is 0 Å². The fourth-order valence-electron chi connectivity index (χ4n) is 2.34. The van der Waals surface area contributed by atoms with Gasteiger partial charge in [0.15, 0.2) is 0 Å². The molecule has 1 heterocycles. The van der Waals surface area contributed by atoms with Gasteiger partial charge in [0, 0.05) is 18.9 Å². The number of ether oxygens (including phenoxy) is 1. The number of hydrogen-bond acceptors (Lipinski definition) is 2. The van der Waals surface area contributed by atoms with E-state index in [1.54, 1.807) is 0 Å². The molecule has 0 aliphatic carbocycles. The average molecular weight is 205 g/mol. The summed E-state index contributed by atoms with van der Waals surface area (Å²) in [5.74, 6) is 1.13. The van der Waals surface area contributed by atoms with Crippen LogP contribution in [0.3, 0.4) is 0 Å². The lowest BCUT2D eigenvalue weighted by Gasteiger charge is -2.28. The van der Waals surface area contributed by atoms with Crippen molar-refractivity contribution >= 4 is 5.69 Å². The summed E-state index contributed by atoms with van der Waals surface area (Å²) in [5.41, 5.74) is 8.17. The lowest BCUT2D eigenvalue weighted by atomic mass is 9.83. The summed E-state index contributed by atoms with van der Waals surface area (Å²) in [6, 6.07) is 8.17. The standard InChI is InChI=1S/C13H19NO/c1-10(11-5-4-8-15-9-11)12-6-2-3-7-13(12)14/h2-3,6-7,10-11H,4-5,8-9,14H2,1H3. The Kier molecular flexibility index (Phi) is 3.27. The Morgan fingerprint density at radius 2 is 2.20 bits per heavy atom. The Hall–Kier alpha value is -1.02. The molecule has 1 aromatic carbocycles. The first kappa shape index (κ1) is 10.5. The van der Waals surface area contributed by atoms with Gasteiger partial charge >= 0.3 is 0 Å². The molecule has 1 fully saturated rings. The van der Waals surface area contributed by atoms with E-state index >= 15 is 0 Å². The molecule has 0 saturated carbocycles. The molecule has 0 bridgehead atoms. The summed E-state index contributed by atoms with van der Waals surface area (Å²) >= 11 is 0. The molecule has 1 aliphatic heterocycles. The monoisotopic (exact) mass is 205 g/mol. The van der Waals surface area contributed by atoms with Crippen molar-refractivity contribution in [2.75, 3.05) is 18.9 Å². The fraction of sp³-hybridized carbons (Fsp3) is 0.538. The lowest BCUT2D eigenvalue weighted by Crippen LogP contribution is -2.22.